The smallest absolute Gasteiger partial charge is 0.416 e. The van der Waals surface area contributed by atoms with Gasteiger partial charge in [0.15, 0.2) is 0 Å². The van der Waals surface area contributed by atoms with Crippen molar-refractivity contribution < 1.29 is 27.1 Å². The lowest BCUT2D eigenvalue weighted by atomic mass is 10.1. The number of nitrogens with one attached hydrogen (secondary N) is 1. The maximum Gasteiger partial charge on any atom is 0.416 e. The second-order valence-electron chi connectivity index (χ2n) is 6.72. The molecule has 0 saturated heterocycles. The summed E-state index contributed by atoms with van der Waals surface area (Å²) >= 11 is 0. The molecule has 32 heavy (non-hydrogen) atoms. The topological polar surface area (TPSA) is 77.3 Å². The number of nitrogens with zero attached hydrogens (tertiary/aromatic N) is 2. The first-order chi connectivity index (χ1) is 15.3. The van der Waals surface area contributed by atoms with Crippen LogP contribution in [0.2, 0.25) is 0 Å². The third-order valence-electron chi connectivity index (χ3n) is 4.64. The number of benzene rings is 3. The fourth-order valence-corrected chi connectivity index (χ4v) is 2.97. The van der Waals surface area contributed by atoms with E-state index in [0.29, 0.717) is 22.6 Å². The molecule has 0 aliphatic carbocycles. The van der Waals surface area contributed by atoms with Gasteiger partial charge in [-0.3, -0.25) is 4.79 Å². The van der Waals surface area contributed by atoms with Crippen LogP contribution < -0.4 is 10.1 Å². The Morgan fingerprint density at radius 1 is 0.906 bits per heavy atom. The van der Waals surface area contributed by atoms with E-state index in [0.717, 1.165) is 24.3 Å². The molecular formula is C23H16F3N3O3. The molecule has 0 atom stereocenters. The molecule has 1 amide bonds. The van der Waals surface area contributed by atoms with Gasteiger partial charge in [0.2, 0.25) is 11.8 Å². The van der Waals surface area contributed by atoms with Gasteiger partial charge in [0.25, 0.3) is 5.91 Å². The molecular weight excluding hydrogens is 423 g/mol. The monoisotopic (exact) mass is 439 g/mol. The zero-order valence-electron chi connectivity index (χ0n) is 16.7. The molecule has 0 bridgehead atoms. The van der Waals surface area contributed by atoms with E-state index in [1.807, 2.05) is 0 Å². The number of para-hydroxylation sites is 1. The van der Waals surface area contributed by atoms with Gasteiger partial charge in [-0.05, 0) is 60.7 Å². The molecule has 0 fully saturated rings. The predicted octanol–water partition coefficient (Wildman–Crippen LogP) is 5.68. The molecule has 0 saturated carbocycles. The Morgan fingerprint density at radius 3 is 2.22 bits per heavy atom. The number of alkyl halides is 3. The number of amides is 1. The predicted molar refractivity (Wildman–Crippen MR) is 111 cm³/mol. The quantitative estimate of drug-likeness (QED) is 0.433. The highest BCUT2D eigenvalue weighted by Gasteiger charge is 2.30. The molecule has 162 valence electrons. The number of halogens is 3. The van der Waals surface area contributed by atoms with Gasteiger partial charge in [0.05, 0.1) is 23.9 Å². The third-order valence-corrected chi connectivity index (χ3v) is 4.64. The minimum atomic E-state index is -4.47. The van der Waals surface area contributed by atoms with Crippen LogP contribution in [0.1, 0.15) is 15.9 Å². The second kappa shape index (κ2) is 8.54. The molecule has 4 aromatic rings. The summed E-state index contributed by atoms with van der Waals surface area (Å²) in [5.41, 5.74) is 0.793. The highest BCUT2D eigenvalue weighted by atomic mass is 19.4. The third kappa shape index (κ3) is 4.46. The van der Waals surface area contributed by atoms with Crippen LogP contribution in [0.4, 0.5) is 18.9 Å². The molecule has 1 heterocycles. The molecule has 1 aromatic heterocycles. The van der Waals surface area contributed by atoms with E-state index in [2.05, 4.69) is 15.5 Å². The Kier molecular flexibility index (Phi) is 5.63. The maximum absolute atomic E-state index is 12.7. The first kappa shape index (κ1) is 21.1. The summed E-state index contributed by atoms with van der Waals surface area (Å²) in [6, 6.07) is 17.8. The molecule has 0 aliphatic rings. The number of rotatable bonds is 5. The van der Waals surface area contributed by atoms with Crippen molar-refractivity contribution >= 4 is 11.6 Å². The largest absolute Gasteiger partial charge is 0.497 e. The molecule has 0 unspecified atom stereocenters. The number of ether oxygens (including phenoxy) is 1. The first-order valence-electron chi connectivity index (χ1n) is 9.41. The normalized spacial score (nSPS) is 11.2. The van der Waals surface area contributed by atoms with Crippen molar-refractivity contribution in [1.82, 2.24) is 10.2 Å². The van der Waals surface area contributed by atoms with E-state index in [1.165, 1.54) is 0 Å². The molecule has 3 aromatic carbocycles. The highest BCUT2D eigenvalue weighted by molar-refractivity contribution is 6.06. The van der Waals surface area contributed by atoms with Gasteiger partial charge in [-0.2, -0.15) is 13.2 Å². The second-order valence-corrected chi connectivity index (χ2v) is 6.72. The molecule has 1 N–H and O–H groups in total. The standard InChI is InChI=1S/C23H16F3N3O3/c1-31-17-12-8-15(9-13-17)21-28-29-22(32-21)18-4-2-3-5-19(18)27-20(30)14-6-10-16(11-7-14)23(24,25)26/h2-13H,1H3,(H,27,30). The van der Waals surface area contributed by atoms with Gasteiger partial charge in [-0.25, -0.2) is 0 Å². The molecule has 0 spiro atoms. The van der Waals surface area contributed by atoms with Crippen LogP contribution in [0.5, 0.6) is 5.75 Å². The Morgan fingerprint density at radius 2 is 1.56 bits per heavy atom. The van der Waals surface area contributed by atoms with E-state index >= 15 is 0 Å². The van der Waals surface area contributed by atoms with Gasteiger partial charge in [-0.1, -0.05) is 12.1 Å². The summed E-state index contributed by atoms with van der Waals surface area (Å²) in [4.78, 5) is 12.6. The molecule has 9 heteroatoms. The van der Waals surface area contributed by atoms with Crippen LogP contribution >= 0.6 is 0 Å². The Balaban J connectivity index is 1.57. The molecule has 6 nitrogen and oxygen atoms in total. The van der Waals surface area contributed by atoms with Crippen LogP contribution in [0.3, 0.4) is 0 Å². The summed E-state index contributed by atoms with van der Waals surface area (Å²) in [6.45, 7) is 0. The Hall–Kier alpha value is -4.14. The van der Waals surface area contributed by atoms with Crippen molar-refractivity contribution in [1.29, 1.82) is 0 Å². The van der Waals surface area contributed by atoms with Crippen LogP contribution in [-0.2, 0) is 6.18 Å². The van der Waals surface area contributed by atoms with Gasteiger partial charge in [0, 0.05) is 11.1 Å². The molecule has 0 radical (unpaired) electrons. The van der Waals surface area contributed by atoms with E-state index in [9.17, 15) is 18.0 Å². The Bertz CT molecular complexity index is 1230. The summed E-state index contributed by atoms with van der Waals surface area (Å²) < 4.78 is 49.1. The number of hydrogen-bond acceptors (Lipinski definition) is 5. The van der Waals surface area contributed by atoms with Gasteiger partial charge < -0.3 is 14.5 Å². The number of hydrogen-bond donors (Lipinski definition) is 1. The lowest BCUT2D eigenvalue weighted by molar-refractivity contribution is -0.137. The number of carbonyl (C=O) groups is 1. The zero-order chi connectivity index (χ0) is 22.7. The molecule has 0 aliphatic heterocycles. The highest BCUT2D eigenvalue weighted by Crippen LogP contribution is 2.31. The fraction of sp³-hybridized carbons (Fsp3) is 0.0870. The lowest BCUT2D eigenvalue weighted by Gasteiger charge is -2.10. The van der Waals surface area contributed by atoms with Crippen LogP contribution in [0.25, 0.3) is 22.9 Å². The number of anilines is 1. The van der Waals surface area contributed by atoms with Crippen molar-refractivity contribution in [2.75, 3.05) is 12.4 Å². The van der Waals surface area contributed by atoms with Crippen LogP contribution in [0, 0.1) is 0 Å². The average Bonchev–Trinajstić information content (AvgIpc) is 3.29. The van der Waals surface area contributed by atoms with Crippen molar-refractivity contribution in [3.8, 4) is 28.7 Å². The van der Waals surface area contributed by atoms with Crippen molar-refractivity contribution in [3.05, 3.63) is 83.9 Å². The van der Waals surface area contributed by atoms with Crippen LogP contribution in [0.15, 0.2) is 77.2 Å². The maximum atomic E-state index is 12.7. The van der Waals surface area contributed by atoms with E-state index in [-0.39, 0.29) is 17.3 Å². The fourth-order valence-electron chi connectivity index (χ4n) is 2.97. The lowest BCUT2D eigenvalue weighted by Crippen LogP contribution is -2.13. The van der Waals surface area contributed by atoms with Gasteiger partial charge >= 0.3 is 6.18 Å². The number of aromatic nitrogens is 2. The SMILES string of the molecule is COc1ccc(-c2nnc(-c3ccccc3NC(=O)c3ccc(C(F)(F)F)cc3)o2)cc1. The van der Waals surface area contributed by atoms with E-state index < -0.39 is 17.6 Å². The first-order valence-corrected chi connectivity index (χ1v) is 9.41. The average molecular weight is 439 g/mol. The van der Waals surface area contributed by atoms with Crippen molar-refractivity contribution in [2.24, 2.45) is 0 Å². The Labute approximate surface area is 180 Å². The van der Waals surface area contributed by atoms with Gasteiger partial charge in [0.1, 0.15) is 5.75 Å². The number of carbonyl (C=O) groups excluding carboxylic acids is 1. The minimum absolute atomic E-state index is 0.0808. The summed E-state index contributed by atoms with van der Waals surface area (Å²) in [5, 5.41) is 10.8. The summed E-state index contributed by atoms with van der Waals surface area (Å²) in [7, 11) is 1.57. The van der Waals surface area contributed by atoms with Gasteiger partial charge in [-0.15, -0.1) is 10.2 Å². The number of methoxy groups -OCH3 is 1. The van der Waals surface area contributed by atoms with Crippen molar-refractivity contribution in [3.63, 3.8) is 0 Å². The zero-order valence-corrected chi connectivity index (χ0v) is 16.7. The van der Waals surface area contributed by atoms with Crippen molar-refractivity contribution in [2.45, 2.75) is 6.18 Å². The van der Waals surface area contributed by atoms with Crippen LogP contribution in [-0.4, -0.2) is 23.2 Å². The summed E-state index contributed by atoms with van der Waals surface area (Å²) in [6.07, 6.45) is -4.47. The van der Waals surface area contributed by atoms with E-state index in [1.54, 1.807) is 55.6 Å². The molecule has 4 rings (SSSR count). The summed E-state index contributed by atoms with van der Waals surface area (Å²) in [5.74, 6) is 0.580. The van der Waals surface area contributed by atoms with E-state index in [4.69, 9.17) is 9.15 Å². The minimum Gasteiger partial charge on any atom is -0.497 e.